The summed E-state index contributed by atoms with van der Waals surface area (Å²) in [5.74, 6) is -5.05. The van der Waals surface area contributed by atoms with Crippen LogP contribution in [0.3, 0.4) is 0 Å². The molecule has 0 unspecified atom stereocenters. The Balaban J connectivity index is 1.83. The molecule has 0 saturated carbocycles. The molecule has 242 valence electrons. The van der Waals surface area contributed by atoms with Crippen LogP contribution in [0, 0.1) is 0 Å². The number of amides is 2. The van der Waals surface area contributed by atoms with E-state index in [1.54, 1.807) is 4.72 Å². The summed E-state index contributed by atoms with van der Waals surface area (Å²) in [6.45, 7) is 1.47. The number of carboxylic acid groups (broad SMARTS) is 1. The number of carbonyl (C=O) groups excluding carboxylic acids is 3. The second-order valence-corrected chi connectivity index (χ2v) is 11.4. The average molecular weight is 673 g/mol. The van der Waals surface area contributed by atoms with Gasteiger partial charge in [0.1, 0.15) is 29.4 Å². The van der Waals surface area contributed by atoms with E-state index in [4.69, 9.17) is 15.1 Å². The Morgan fingerprint density at radius 2 is 2.00 bits per heavy atom. The fraction of sp³-hybridized carbons (Fsp3) is 0.273. The number of hydrogen-bond donors (Lipinski definition) is 8. The zero-order valence-electron chi connectivity index (χ0n) is 22.9. The molecule has 0 aliphatic heterocycles. The van der Waals surface area contributed by atoms with Crippen LogP contribution < -0.4 is 26.5 Å². The maximum absolute atomic E-state index is 13.1. The van der Waals surface area contributed by atoms with Crippen LogP contribution >= 0.6 is 11.3 Å². The van der Waals surface area contributed by atoms with Gasteiger partial charge in [-0.1, -0.05) is 10.3 Å². The summed E-state index contributed by atoms with van der Waals surface area (Å²) < 4.78 is 39.5. The second-order valence-electron chi connectivity index (χ2n) is 9.29. The molecule has 0 aromatic carbocycles. The Bertz CT molecular complexity index is 1810. The highest BCUT2D eigenvalue weighted by Crippen LogP contribution is 2.19. The molecule has 3 heterocycles. The Hall–Kier alpha value is -5.39. The van der Waals surface area contributed by atoms with Gasteiger partial charge in [0.2, 0.25) is 16.8 Å². The number of carbonyl (C=O) groups is 4. The number of anilines is 1. The number of thiazole rings is 1. The molecule has 3 aromatic heterocycles. The van der Waals surface area contributed by atoms with Crippen molar-refractivity contribution in [2.24, 2.45) is 5.16 Å². The fourth-order valence-electron chi connectivity index (χ4n) is 3.18. The van der Waals surface area contributed by atoms with E-state index in [0.717, 1.165) is 37.3 Å². The molecule has 23 heteroatoms. The van der Waals surface area contributed by atoms with E-state index in [1.807, 2.05) is 0 Å². The summed E-state index contributed by atoms with van der Waals surface area (Å²) in [5, 5.41) is 41.2. The number of nitrogens with two attached hydrogens (primary N) is 1. The van der Waals surface area contributed by atoms with E-state index < -0.39 is 75.0 Å². The molecule has 0 fully saturated rings. The largest absolute Gasteiger partial charge is 0.503 e. The van der Waals surface area contributed by atoms with Gasteiger partial charge < -0.3 is 45.9 Å². The van der Waals surface area contributed by atoms with Gasteiger partial charge in [0, 0.05) is 24.1 Å². The third-order valence-electron chi connectivity index (χ3n) is 5.53. The lowest BCUT2D eigenvalue weighted by Gasteiger charge is -2.24. The second kappa shape index (κ2) is 13.5. The Kier molecular flexibility index (Phi) is 10.2. The van der Waals surface area contributed by atoms with Crippen LogP contribution in [0.4, 0.5) is 5.13 Å². The highest BCUT2D eigenvalue weighted by atomic mass is 32.2. The maximum atomic E-state index is 13.1. The molecule has 0 bridgehead atoms. The van der Waals surface area contributed by atoms with Gasteiger partial charge in [-0.05, 0) is 13.8 Å². The fourth-order valence-corrected chi connectivity index (χ4v) is 4.34. The smallest absolute Gasteiger partial charge is 0.350 e. The van der Waals surface area contributed by atoms with Gasteiger partial charge in [-0.3, -0.25) is 18.9 Å². The van der Waals surface area contributed by atoms with E-state index in [-0.39, 0.29) is 28.5 Å². The van der Waals surface area contributed by atoms with E-state index in [9.17, 15) is 52.4 Å². The van der Waals surface area contributed by atoms with E-state index in [0.29, 0.717) is 10.9 Å². The molecule has 3 rings (SSSR count). The van der Waals surface area contributed by atoms with Crippen LogP contribution in [-0.2, 0) is 29.5 Å². The predicted molar refractivity (Wildman–Crippen MR) is 150 cm³/mol. The normalized spacial score (nSPS) is 13.4. The first-order valence-corrected chi connectivity index (χ1v) is 14.4. The number of aldehydes is 1. The summed E-state index contributed by atoms with van der Waals surface area (Å²) in [6, 6.07) is -1.81. The summed E-state index contributed by atoms with van der Waals surface area (Å²) in [7, 11) is -5.05. The van der Waals surface area contributed by atoms with Crippen molar-refractivity contribution >= 4 is 56.6 Å². The van der Waals surface area contributed by atoms with Crippen molar-refractivity contribution in [3.05, 3.63) is 45.4 Å². The average Bonchev–Trinajstić information content (AvgIpc) is 3.60. The van der Waals surface area contributed by atoms with Crippen molar-refractivity contribution in [1.29, 1.82) is 0 Å². The number of hydrogen-bond acceptors (Lipinski definition) is 16. The molecule has 2 atom stereocenters. The quantitative estimate of drug-likeness (QED) is 0.0300. The standard InChI is InChI=1S/C22H24N8O13S2/c1-22(2,20(36)37)43-28-17(12-8-44-21(23)26-12)19(35)25-11(7-31)10(29-45(39,40)41)5-24-18(34)16-3-9(27-42-16)13-4-14(32)15(33)6-30(13)38/h3-4,6-8,10-11,29,33,38H,5H2,1-2H3,(H2,23,26)(H,24,34)(H,25,35)(H,36,37)(H,39,40,41)/b28-17-/t10-,11-/m1/s1. The summed E-state index contributed by atoms with van der Waals surface area (Å²) in [5.41, 5.74) is 1.43. The molecule has 0 saturated heterocycles. The van der Waals surface area contributed by atoms with Crippen molar-refractivity contribution in [2.75, 3.05) is 12.3 Å². The highest BCUT2D eigenvalue weighted by molar-refractivity contribution is 7.83. The first kappa shape index (κ1) is 34.1. The number of nitrogens with one attached hydrogen (secondary N) is 3. The van der Waals surface area contributed by atoms with Crippen LogP contribution in [0.5, 0.6) is 5.75 Å². The van der Waals surface area contributed by atoms with Gasteiger partial charge in [-0.25, -0.2) is 9.78 Å². The Labute approximate surface area is 255 Å². The van der Waals surface area contributed by atoms with Gasteiger partial charge in [0.15, 0.2) is 16.6 Å². The molecular formula is C22H24N8O13S2. The van der Waals surface area contributed by atoms with Crippen molar-refractivity contribution < 1.29 is 56.9 Å². The first-order chi connectivity index (χ1) is 20.9. The molecule has 0 aliphatic rings. The minimum absolute atomic E-state index is 0.0215. The number of carboxylic acids is 1. The van der Waals surface area contributed by atoms with Crippen LogP contribution in [-0.4, -0.2) is 97.3 Å². The molecule has 9 N–H and O–H groups in total. The molecule has 0 radical (unpaired) electrons. The van der Waals surface area contributed by atoms with Gasteiger partial charge in [0.05, 0.1) is 12.2 Å². The number of pyridine rings is 1. The molecule has 2 amide bonds. The SMILES string of the molecule is CC(C)(O/N=C(\C(=O)N[C@H](C=O)[C@@H](CNC(=O)c1cc(-c2cc(=O)c(O)cn2O)no1)NS(=O)(=O)O)c1csc(N)n1)C(=O)O. The number of aliphatic carboxylic acids is 1. The molecule has 21 nitrogen and oxygen atoms in total. The molecule has 0 aliphatic carbocycles. The van der Waals surface area contributed by atoms with Crippen LogP contribution in [0.25, 0.3) is 11.4 Å². The molecule has 45 heavy (non-hydrogen) atoms. The number of aromatic nitrogens is 3. The monoisotopic (exact) mass is 672 g/mol. The number of aromatic hydroxyl groups is 1. The van der Waals surface area contributed by atoms with Gasteiger partial charge in [-0.2, -0.15) is 17.9 Å². The van der Waals surface area contributed by atoms with Gasteiger partial charge in [0.25, 0.3) is 11.8 Å². The van der Waals surface area contributed by atoms with Crippen molar-refractivity contribution in [3.63, 3.8) is 0 Å². The maximum Gasteiger partial charge on any atom is 0.350 e. The number of oxime groups is 1. The minimum atomic E-state index is -5.05. The third kappa shape index (κ3) is 8.82. The number of nitrogens with zero attached hydrogens (tertiary/aromatic N) is 4. The van der Waals surface area contributed by atoms with Crippen molar-refractivity contribution in [2.45, 2.75) is 31.5 Å². The first-order valence-electron chi connectivity index (χ1n) is 12.0. The van der Waals surface area contributed by atoms with Crippen molar-refractivity contribution in [3.8, 4) is 17.1 Å². The van der Waals surface area contributed by atoms with Crippen molar-refractivity contribution in [1.82, 2.24) is 30.2 Å². The predicted octanol–water partition coefficient (Wildman–Crippen LogP) is -2.06. The Morgan fingerprint density at radius 3 is 2.58 bits per heavy atom. The molecular weight excluding hydrogens is 648 g/mol. The van der Waals surface area contributed by atoms with Crippen LogP contribution in [0.1, 0.15) is 30.1 Å². The lowest BCUT2D eigenvalue weighted by Crippen LogP contribution is -2.58. The zero-order valence-corrected chi connectivity index (χ0v) is 24.5. The number of nitrogen functional groups attached to an aromatic ring is 1. The number of rotatable bonds is 14. The molecule has 0 spiro atoms. The van der Waals surface area contributed by atoms with Gasteiger partial charge >= 0.3 is 16.3 Å². The lowest BCUT2D eigenvalue weighted by molar-refractivity contribution is -0.161. The zero-order chi connectivity index (χ0) is 33.7. The minimum Gasteiger partial charge on any atom is -0.503 e. The lowest BCUT2D eigenvalue weighted by atomic mass is 10.1. The highest BCUT2D eigenvalue weighted by Gasteiger charge is 2.33. The van der Waals surface area contributed by atoms with E-state index in [1.165, 1.54) is 5.38 Å². The Morgan fingerprint density at radius 1 is 1.31 bits per heavy atom. The van der Waals surface area contributed by atoms with E-state index >= 15 is 0 Å². The molecule has 3 aromatic rings. The topological polar surface area (TPSA) is 328 Å². The van der Waals surface area contributed by atoms with Gasteiger partial charge in [-0.15, -0.1) is 11.3 Å². The summed E-state index contributed by atoms with van der Waals surface area (Å²) in [4.78, 5) is 69.7. The summed E-state index contributed by atoms with van der Waals surface area (Å²) >= 11 is 0.877. The third-order valence-corrected chi connectivity index (χ3v) is 6.80. The van der Waals surface area contributed by atoms with Crippen LogP contribution in [0.15, 0.2) is 38.2 Å². The summed E-state index contributed by atoms with van der Waals surface area (Å²) in [6.07, 6.45) is 0.726. The van der Waals surface area contributed by atoms with Crippen LogP contribution in [0.2, 0.25) is 0 Å². The van der Waals surface area contributed by atoms with E-state index in [2.05, 4.69) is 25.9 Å².